The Morgan fingerprint density at radius 3 is 2.82 bits per heavy atom. The van der Waals surface area contributed by atoms with Crippen molar-refractivity contribution in [3.8, 4) is 0 Å². The van der Waals surface area contributed by atoms with Gasteiger partial charge in [-0.15, -0.1) is 0 Å². The Morgan fingerprint density at radius 2 is 2.00 bits per heavy atom. The highest BCUT2D eigenvalue weighted by Crippen LogP contribution is 2.66. The molecule has 6 atom stereocenters. The molecule has 4 aliphatic carbocycles. The van der Waals surface area contributed by atoms with Crippen LogP contribution in [0, 0.1) is 34.5 Å². The summed E-state index contributed by atoms with van der Waals surface area (Å²) in [5.74, 6) is 3.39. The van der Waals surface area contributed by atoms with Crippen molar-refractivity contribution in [2.24, 2.45) is 34.5 Å². The van der Waals surface area contributed by atoms with E-state index in [0.29, 0.717) is 16.7 Å². The minimum absolute atomic E-state index is 0.457. The predicted octanol–water partition coefficient (Wildman–Crippen LogP) is 5.54. The molecule has 0 spiro atoms. The minimum Gasteiger partial charge on any atom is -0.303 e. The second-order valence-electron chi connectivity index (χ2n) is 9.19. The summed E-state index contributed by atoms with van der Waals surface area (Å²) in [6, 6.07) is 0. The van der Waals surface area contributed by atoms with E-state index in [4.69, 9.17) is 0 Å². The van der Waals surface area contributed by atoms with Crippen LogP contribution in [-0.4, -0.2) is 6.29 Å². The fourth-order valence-electron chi connectivity index (χ4n) is 7.31. The normalized spacial score (nSPS) is 50.5. The number of hydrogen-bond donors (Lipinski definition) is 0. The van der Waals surface area contributed by atoms with Gasteiger partial charge in [-0.2, -0.15) is 0 Å². The summed E-state index contributed by atoms with van der Waals surface area (Å²) in [7, 11) is 0. The van der Waals surface area contributed by atoms with E-state index in [2.05, 4.69) is 19.9 Å². The molecule has 0 aromatic rings. The van der Waals surface area contributed by atoms with Gasteiger partial charge in [0, 0.05) is 6.42 Å². The lowest BCUT2D eigenvalue weighted by Crippen LogP contribution is -2.49. The van der Waals surface area contributed by atoms with Gasteiger partial charge in [0.15, 0.2) is 0 Å². The zero-order chi connectivity index (χ0) is 15.4. The number of fused-ring (bicyclic) bond motifs is 5. The van der Waals surface area contributed by atoms with E-state index in [0.717, 1.165) is 24.2 Å². The summed E-state index contributed by atoms with van der Waals surface area (Å²) in [5.41, 5.74) is 2.79. The quantitative estimate of drug-likeness (QED) is 0.483. The smallest absolute Gasteiger partial charge is 0.120 e. The maximum atomic E-state index is 11.1. The summed E-state index contributed by atoms with van der Waals surface area (Å²) in [6.07, 6.45) is 17.1. The van der Waals surface area contributed by atoms with Gasteiger partial charge in [-0.1, -0.05) is 31.9 Å². The van der Waals surface area contributed by atoms with Crippen LogP contribution in [0.5, 0.6) is 0 Å². The van der Waals surface area contributed by atoms with Gasteiger partial charge in [-0.25, -0.2) is 0 Å². The van der Waals surface area contributed by atoms with Crippen LogP contribution in [0.2, 0.25) is 0 Å². The van der Waals surface area contributed by atoms with Crippen molar-refractivity contribution in [2.45, 2.75) is 78.1 Å². The molecule has 122 valence electrons. The largest absolute Gasteiger partial charge is 0.303 e. The molecule has 0 unspecified atom stereocenters. The maximum Gasteiger partial charge on any atom is 0.120 e. The molecule has 1 nitrogen and oxygen atoms in total. The van der Waals surface area contributed by atoms with Crippen LogP contribution in [0.15, 0.2) is 11.6 Å². The molecule has 3 fully saturated rings. The van der Waals surface area contributed by atoms with Gasteiger partial charge in [0.1, 0.15) is 6.29 Å². The number of allylic oxidation sites excluding steroid dienone is 2. The first-order valence-electron chi connectivity index (χ1n) is 9.73. The van der Waals surface area contributed by atoms with Crippen LogP contribution in [0.1, 0.15) is 78.1 Å². The van der Waals surface area contributed by atoms with E-state index >= 15 is 0 Å². The first-order chi connectivity index (χ1) is 10.6. The third kappa shape index (κ3) is 1.93. The van der Waals surface area contributed by atoms with Crippen LogP contribution in [0.25, 0.3) is 0 Å². The SMILES string of the molecule is C[C@]12CC[C@H]3[C@@H](CC=C4CCCC[C@@]43C)[C@@H]1CC[C@@H]2CC=O. The van der Waals surface area contributed by atoms with Crippen molar-refractivity contribution in [1.29, 1.82) is 0 Å². The van der Waals surface area contributed by atoms with Crippen LogP contribution < -0.4 is 0 Å². The van der Waals surface area contributed by atoms with E-state index in [9.17, 15) is 4.79 Å². The van der Waals surface area contributed by atoms with Gasteiger partial charge < -0.3 is 4.79 Å². The standard InChI is InChI=1S/C21H32O/c1-20-12-4-3-5-15(20)6-8-17-18-9-7-16(11-14-22)21(18,2)13-10-19(17)20/h6,14,16-19H,3-5,7-13H2,1-2H3/t16-,17+,18+,19+,20+,21-/m1/s1. The molecule has 0 radical (unpaired) electrons. The molecule has 0 aromatic heterocycles. The Balaban J connectivity index is 1.65. The molecule has 0 amide bonds. The van der Waals surface area contributed by atoms with Gasteiger partial charge in [-0.05, 0) is 85.9 Å². The van der Waals surface area contributed by atoms with Crippen molar-refractivity contribution < 1.29 is 4.79 Å². The Labute approximate surface area is 135 Å². The van der Waals surface area contributed by atoms with Gasteiger partial charge in [0.25, 0.3) is 0 Å². The molecule has 0 N–H and O–H groups in total. The summed E-state index contributed by atoms with van der Waals surface area (Å²) in [5, 5.41) is 0. The molecule has 0 aromatic carbocycles. The van der Waals surface area contributed by atoms with Gasteiger partial charge in [0.05, 0.1) is 0 Å². The third-order valence-corrected chi connectivity index (χ3v) is 8.59. The lowest BCUT2D eigenvalue weighted by atomic mass is 9.47. The molecule has 1 heteroatoms. The predicted molar refractivity (Wildman–Crippen MR) is 90.5 cm³/mol. The molecule has 0 aliphatic heterocycles. The van der Waals surface area contributed by atoms with E-state index in [1.54, 1.807) is 0 Å². The van der Waals surface area contributed by atoms with Crippen molar-refractivity contribution in [3.63, 3.8) is 0 Å². The second kappa shape index (κ2) is 5.21. The van der Waals surface area contributed by atoms with Crippen molar-refractivity contribution >= 4 is 6.29 Å². The summed E-state index contributed by atoms with van der Waals surface area (Å²) in [6.45, 7) is 5.12. The highest BCUT2D eigenvalue weighted by molar-refractivity contribution is 5.50. The van der Waals surface area contributed by atoms with E-state index in [1.807, 2.05) is 5.57 Å². The van der Waals surface area contributed by atoms with Crippen molar-refractivity contribution in [1.82, 2.24) is 0 Å². The fraction of sp³-hybridized carbons (Fsp3) is 0.857. The Morgan fingerprint density at radius 1 is 1.14 bits per heavy atom. The molecule has 22 heavy (non-hydrogen) atoms. The van der Waals surface area contributed by atoms with E-state index in [-0.39, 0.29) is 0 Å². The Bertz CT molecular complexity index is 492. The number of hydrogen-bond acceptors (Lipinski definition) is 1. The van der Waals surface area contributed by atoms with Crippen LogP contribution in [-0.2, 0) is 4.79 Å². The van der Waals surface area contributed by atoms with Gasteiger partial charge >= 0.3 is 0 Å². The first-order valence-corrected chi connectivity index (χ1v) is 9.73. The van der Waals surface area contributed by atoms with Gasteiger partial charge in [-0.3, -0.25) is 0 Å². The average Bonchev–Trinajstić information content (AvgIpc) is 2.84. The number of carbonyl (C=O) groups excluding carboxylic acids is 1. The molecular weight excluding hydrogens is 268 g/mol. The lowest BCUT2D eigenvalue weighted by molar-refractivity contribution is -0.110. The summed E-state index contributed by atoms with van der Waals surface area (Å²) < 4.78 is 0. The molecule has 0 heterocycles. The monoisotopic (exact) mass is 300 g/mol. The summed E-state index contributed by atoms with van der Waals surface area (Å²) >= 11 is 0. The first kappa shape index (κ1) is 15.0. The average molecular weight is 300 g/mol. The van der Waals surface area contributed by atoms with Crippen LogP contribution >= 0.6 is 0 Å². The number of carbonyl (C=O) groups is 1. The molecule has 0 saturated heterocycles. The van der Waals surface area contributed by atoms with E-state index < -0.39 is 0 Å². The van der Waals surface area contributed by atoms with Crippen LogP contribution in [0.3, 0.4) is 0 Å². The molecule has 4 rings (SSSR count). The zero-order valence-corrected chi connectivity index (χ0v) is 14.4. The van der Waals surface area contributed by atoms with E-state index in [1.165, 1.54) is 64.1 Å². The van der Waals surface area contributed by atoms with Gasteiger partial charge in [0.2, 0.25) is 0 Å². The van der Waals surface area contributed by atoms with Crippen molar-refractivity contribution in [3.05, 3.63) is 11.6 Å². The molecule has 3 saturated carbocycles. The van der Waals surface area contributed by atoms with Crippen LogP contribution in [0.4, 0.5) is 0 Å². The summed E-state index contributed by atoms with van der Waals surface area (Å²) in [4.78, 5) is 11.1. The Kier molecular flexibility index (Phi) is 3.55. The minimum atomic E-state index is 0.457. The number of aldehydes is 1. The molecular formula is C21H32O. The third-order valence-electron chi connectivity index (χ3n) is 8.59. The molecule has 0 bridgehead atoms. The topological polar surface area (TPSA) is 17.1 Å². The number of rotatable bonds is 2. The fourth-order valence-corrected chi connectivity index (χ4v) is 7.31. The zero-order valence-electron chi connectivity index (χ0n) is 14.4. The second-order valence-corrected chi connectivity index (χ2v) is 9.19. The Hall–Kier alpha value is -0.590. The molecule has 4 aliphatic rings. The highest BCUT2D eigenvalue weighted by Gasteiger charge is 2.57. The van der Waals surface area contributed by atoms with Crippen molar-refractivity contribution in [2.75, 3.05) is 0 Å². The highest BCUT2D eigenvalue weighted by atomic mass is 16.1. The maximum absolute atomic E-state index is 11.1. The lowest BCUT2D eigenvalue weighted by Gasteiger charge is -2.57.